The minimum Gasteiger partial charge on any atom is -0.455 e. The van der Waals surface area contributed by atoms with Crippen molar-refractivity contribution in [2.24, 2.45) is 5.16 Å². The van der Waals surface area contributed by atoms with E-state index >= 15 is 0 Å². The highest BCUT2D eigenvalue weighted by atomic mass is 19.4. The normalized spacial score (nSPS) is 15.0. The lowest BCUT2D eigenvalue weighted by atomic mass is 10.0. The van der Waals surface area contributed by atoms with E-state index in [0.29, 0.717) is 24.1 Å². The van der Waals surface area contributed by atoms with Crippen LogP contribution in [0.4, 0.5) is 32.0 Å². The van der Waals surface area contributed by atoms with Gasteiger partial charge in [-0.25, -0.2) is 4.79 Å². The number of carbonyl (C=O) groups is 3. The number of ether oxygens (including phenoxy) is 2. The van der Waals surface area contributed by atoms with Crippen molar-refractivity contribution < 1.29 is 55.0 Å². The van der Waals surface area contributed by atoms with Crippen molar-refractivity contribution >= 4 is 35.4 Å². The zero-order valence-corrected chi connectivity index (χ0v) is 18.2. The monoisotopic (exact) mass is 510 g/mol. The van der Waals surface area contributed by atoms with Crippen molar-refractivity contribution in [2.45, 2.75) is 32.1 Å². The number of benzene rings is 1. The first-order chi connectivity index (χ1) is 16.3. The smallest absolute Gasteiger partial charge is 0.422 e. The van der Waals surface area contributed by atoms with Gasteiger partial charge >= 0.3 is 30.3 Å². The Hall–Kier alpha value is -3.58. The van der Waals surface area contributed by atoms with Gasteiger partial charge in [0.25, 0.3) is 0 Å². The third kappa shape index (κ3) is 9.66. The lowest BCUT2D eigenvalue weighted by Crippen LogP contribution is -2.38. The van der Waals surface area contributed by atoms with E-state index in [4.69, 9.17) is 0 Å². The van der Waals surface area contributed by atoms with Crippen LogP contribution in [-0.4, -0.2) is 62.3 Å². The zero-order valence-electron chi connectivity index (χ0n) is 18.2. The van der Waals surface area contributed by atoms with E-state index in [0.717, 1.165) is 4.90 Å². The standard InChI is InChI=1S/C21H20F6N2O6/c1-2-3-16-15(19(32)35-28-16)8-13-4-6-14(7-5-13)29(9-17(30)33-11-20(22,23)24)10-18(31)34-12-21(25,26)27/h4-8H,2-3,9-12H2,1H3/b15-8-. The summed E-state index contributed by atoms with van der Waals surface area (Å²) in [6.07, 6.45) is -6.91. The number of hydrogen-bond donors (Lipinski definition) is 0. The number of hydrogen-bond acceptors (Lipinski definition) is 8. The van der Waals surface area contributed by atoms with Gasteiger partial charge in [0.05, 0.1) is 11.3 Å². The second kappa shape index (κ2) is 11.7. The number of nitrogens with zero attached hydrogens (tertiary/aromatic N) is 2. The minimum absolute atomic E-state index is 0.0940. The number of carbonyl (C=O) groups excluding carboxylic acids is 3. The molecule has 35 heavy (non-hydrogen) atoms. The van der Waals surface area contributed by atoms with Crippen LogP contribution in [-0.2, 0) is 28.7 Å². The number of rotatable bonds is 10. The van der Waals surface area contributed by atoms with E-state index in [9.17, 15) is 40.7 Å². The molecule has 192 valence electrons. The van der Waals surface area contributed by atoms with Crippen molar-refractivity contribution in [3.8, 4) is 0 Å². The summed E-state index contributed by atoms with van der Waals surface area (Å²) in [7, 11) is 0. The molecule has 0 fully saturated rings. The lowest BCUT2D eigenvalue weighted by Gasteiger charge is -2.23. The third-order valence-corrected chi connectivity index (χ3v) is 4.26. The molecule has 0 atom stereocenters. The van der Waals surface area contributed by atoms with Crippen LogP contribution in [0.1, 0.15) is 25.3 Å². The van der Waals surface area contributed by atoms with Gasteiger partial charge in [0, 0.05) is 5.69 Å². The van der Waals surface area contributed by atoms with Gasteiger partial charge in [-0.3, -0.25) is 9.59 Å². The highest BCUT2D eigenvalue weighted by Gasteiger charge is 2.32. The maximum absolute atomic E-state index is 12.3. The fraction of sp³-hybridized carbons (Fsp3) is 0.429. The van der Waals surface area contributed by atoms with Gasteiger partial charge in [0.2, 0.25) is 0 Å². The van der Waals surface area contributed by atoms with E-state index < -0.39 is 56.6 Å². The molecule has 1 aliphatic rings. The molecule has 0 unspecified atom stereocenters. The molecular weight excluding hydrogens is 490 g/mol. The molecule has 0 bridgehead atoms. The van der Waals surface area contributed by atoms with Crippen LogP contribution in [0.15, 0.2) is 35.0 Å². The Bertz CT molecular complexity index is 954. The molecule has 0 radical (unpaired) electrons. The maximum Gasteiger partial charge on any atom is 0.422 e. The van der Waals surface area contributed by atoms with Gasteiger partial charge in [0.15, 0.2) is 13.2 Å². The summed E-state index contributed by atoms with van der Waals surface area (Å²) in [5, 5.41) is 3.69. The summed E-state index contributed by atoms with van der Waals surface area (Å²) in [6, 6.07) is 5.59. The Balaban J connectivity index is 2.19. The van der Waals surface area contributed by atoms with E-state index in [1.807, 2.05) is 6.92 Å². The van der Waals surface area contributed by atoms with Crippen molar-refractivity contribution in [2.75, 3.05) is 31.2 Å². The molecule has 0 aromatic heterocycles. The van der Waals surface area contributed by atoms with Crippen LogP contribution in [0, 0.1) is 0 Å². The molecule has 0 aliphatic carbocycles. The van der Waals surface area contributed by atoms with Crippen molar-refractivity contribution in [1.29, 1.82) is 0 Å². The molecular formula is C21H20F6N2O6. The summed E-state index contributed by atoms with van der Waals surface area (Å²) < 4.78 is 82.0. The average Bonchev–Trinajstić information content (AvgIpc) is 3.09. The minimum atomic E-state index is -4.79. The first-order valence-corrected chi connectivity index (χ1v) is 10.1. The predicted molar refractivity (Wildman–Crippen MR) is 109 cm³/mol. The zero-order chi connectivity index (χ0) is 26.2. The quantitative estimate of drug-likeness (QED) is 0.205. The molecule has 2 rings (SSSR count). The SMILES string of the molecule is CCCC1=NOC(=O)/C1=C\c1ccc(N(CC(=O)OCC(F)(F)F)CC(=O)OCC(F)(F)F)cc1. The van der Waals surface area contributed by atoms with Gasteiger partial charge in [-0.05, 0) is 30.2 Å². The summed E-state index contributed by atoms with van der Waals surface area (Å²) in [4.78, 5) is 41.1. The van der Waals surface area contributed by atoms with Crippen LogP contribution in [0.3, 0.4) is 0 Å². The largest absolute Gasteiger partial charge is 0.455 e. The number of oxime groups is 1. The Labute approximate surface area is 195 Å². The molecule has 1 aromatic rings. The predicted octanol–water partition coefficient (Wildman–Crippen LogP) is 3.80. The van der Waals surface area contributed by atoms with Gasteiger partial charge < -0.3 is 19.2 Å². The fourth-order valence-electron chi connectivity index (χ4n) is 2.79. The highest BCUT2D eigenvalue weighted by molar-refractivity contribution is 6.25. The van der Waals surface area contributed by atoms with E-state index in [1.165, 1.54) is 30.3 Å². The lowest BCUT2D eigenvalue weighted by molar-refractivity contribution is -0.186. The van der Waals surface area contributed by atoms with Crippen molar-refractivity contribution in [3.63, 3.8) is 0 Å². The molecule has 0 N–H and O–H groups in total. The first kappa shape index (κ1) is 27.7. The third-order valence-electron chi connectivity index (χ3n) is 4.26. The molecule has 1 aliphatic heterocycles. The van der Waals surface area contributed by atoms with Gasteiger partial charge in [0.1, 0.15) is 13.1 Å². The van der Waals surface area contributed by atoms with Crippen LogP contribution in [0.25, 0.3) is 6.08 Å². The molecule has 0 amide bonds. The number of esters is 2. The summed E-state index contributed by atoms with van der Waals surface area (Å²) >= 11 is 0. The molecule has 0 saturated carbocycles. The van der Waals surface area contributed by atoms with E-state index in [2.05, 4.69) is 19.5 Å². The number of halogens is 6. The summed E-state index contributed by atoms with van der Waals surface area (Å²) in [5.41, 5.74) is 1.24. The topological polar surface area (TPSA) is 94.5 Å². The highest BCUT2D eigenvalue weighted by Crippen LogP contribution is 2.22. The van der Waals surface area contributed by atoms with Crippen LogP contribution >= 0.6 is 0 Å². The van der Waals surface area contributed by atoms with Crippen molar-refractivity contribution in [3.05, 3.63) is 35.4 Å². The fourth-order valence-corrected chi connectivity index (χ4v) is 2.79. The summed E-state index contributed by atoms with van der Waals surface area (Å²) in [6.45, 7) is -3.62. The van der Waals surface area contributed by atoms with Gasteiger partial charge in [-0.2, -0.15) is 26.3 Å². The first-order valence-electron chi connectivity index (χ1n) is 10.1. The second-order valence-corrected chi connectivity index (χ2v) is 7.22. The van der Waals surface area contributed by atoms with Crippen LogP contribution < -0.4 is 4.90 Å². The Morgan fingerprint density at radius 2 is 1.49 bits per heavy atom. The molecule has 8 nitrogen and oxygen atoms in total. The molecule has 0 saturated heterocycles. The number of anilines is 1. The van der Waals surface area contributed by atoms with E-state index in [1.54, 1.807) is 0 Å². The van der Waals surface area contributed by atoms with E-state index in [-0.39, 0.29) is 11.3 Å². The Morgan fingerprint density at radius 1 is 0.971 bits per heavy atom. The molecule has 0 spiro atoms. The Kier molecular flexibility index (Phi) is 9.25. The van der Waals surface area contributed by atoms with Gasteiger partial charge in [-0.15, -0.1) is 0 Å². The maximum atomic E-state index is 12.3. The average molecular weight is 510 g/mol. The number of alkyl halides is 6. The summed E-state index contributed by atoms with van der Waals surface area (Å²) in [5.74, 6) is -3.39. The molecule has 1 heterocycles. The molecule has 1 aromatic carbocycles. The van der Waals surface area contributed by atoms with Crippen molar-refractivity contribution in [1.82, 2.24) is 0 Å². The Morgan fingerprint density at radius 3 is 1.94 bits per heavy atom. The molecule has 14 heteroatoms. The van der Waals surface area contributed by atoms with Crippen LogP contribution in [0.2, 0.25) is 0 Å². The van der Waals surface area contributed by atoms with Crippen LogP contribution in [0.5, 0.6) is 0 Å². The van der Waals surface area contributed by atoms with Gasteiger partial charge in [-0.1, -0.05) is 30.6 Å². The second-order valence-electron chi connectivity index (χ2n) is 7.22.